The first kappa shape index (κ1) is 13.1. The maximum Gasteiger partial charge on any atom is 0.241 e. The largest absolute Gasteiger partial charge is 0.310 e. The summed E-state index contributed by atoms with van der Waals surface area (Å²) >= 11 is 13.4. The number of alkyl halides is 1. The lowest BCUT2D eigenvalue weighted by molar-refractivity contribution is -0.116. The third-order valence-electron chi connectivity index (χ3n) is 2.64. The third kappa shape index (κ3) is 2.90. The highest BCUT2D eigenvalue weighted by atomic mass is 35.5. The maximum absolute atomic E-state index is 11.9. The molecule has 1 aliphatic heterocycles. The minimum atomic E-state index is -0.0652. The van der Waals surface area contributed by atoms with E-state index in [9.17, 15) is 4.79 Å². The van der Waals surface area contributed by atoms with Gasteiger partial charge in [-0.1, -0.05) is 18.5 Å². The van der Waals surface area contributed by atoms with E-state index in [0.717, 1.165) is 16.3 Å². The summed E-state index contributed by atoms with van der Waals surface area (Å²) in [6.45, 7) is 2.83. The molecule has 5 heteroatoms. The molecule has 2 rings (SSSR count). The molecular weight excluding hydrogens is 277 g/mol. The van der Waals surface area contributed by atoms with Crippen molar-refractivity contribution < 1.29 is 4.79 Å². The second kappa shape index (κ2) is 5.51. The molecule has 0 radical (unpaired) electrons. The van der Waals surface area contributed by atoms with Crippen LogP contribution in [0.25, 0.3) is 0 Å². The van der Waals surface area contributed by atoms with E-state index < -0.39 is 0 Å². The Kier molecular flexibility index (Phi) is 4.23. The van der Waals surface area contributed by atoms with E-state index in [0.29, 0.717) is 17.5 Å². The normalized spacial score (nSPS) is 19.7. The Morgan fingerprint density at radius 3 is 3.06 bits per heavy atom. The molecule has 1 atom stereocenters. The smallest absolute Gasteiger partial charge is 0.241 e. The average Bonchev–Trinajstić information content (AvgIpc) is 2.48. The Labute approximate surface area is 115 Å². The van der Waals surface area contributed by atoms with E-state index in [-0.39, 0.29) is 11.8 Å². The number of thioether (sulfide) groups is 1. The van der Waals surface area contributed by atoms with Crippen LogP contribution in [0.15, 0.2) is 23.1 Å². The highest BCUT2D eigenvalue weighted by Gasteiger charge is 2.24. The monoisotopic (exact) mass is 289 g/mol. The molecule has 0 saturated heterocycles. The molecule has 17 heavy (non-hydrogen) atoms. The number of amides is 1. The number of carbonyl (C=O) groups is 1. The summed E-state index contributed by atoms with van der Waals surface area (Å²) in [6, 6.07) is 5.66. The molecule has 0 aromatic heterocycles. The van der Waals surface area contributed by atoms with Crippen LogP contribution in [0.2, 0.25) is 5.02 Å². The van der Waals surface area contributed by atoms with Gasteiger partial charge in [-0.25, -0.2) is 0 Å². The van der Waals surface area contributed by atoms with E-state index in [1.165, 1.54) is 0 Å². The highest BCUT2D eigenvalue weighted by molar-refractivity contribution is 7.99. The summed E-state index contributed by atoms with van der Waals surface area (Å²) in [5, 5.41) is 0.645. The molecule has 0 bridgehead atoms. The molecule has 1 amide bonds. The Bertz CT molecular complexity index is 439. The van der Waals surface area contributed by atoms with Gasteiger partial charge >= 0.3 is 0 Å². The number of rotatable bonds is 1. The van der Waals surface area contributed by atoms with Crippen molar-refractivity contribution in [2.24, 2.45) is 5.92 Å². The van der Waals surface area contributed by atoms with Gasteiger partial charge in [0, 0.05) is 22.2 Å². The first-order chi connectivity index (χ1) is 8.11. The fourth-order valence-electron chi connectivity index (χ4n) is 1.83. The number of benzene rings is 1. The highest BCUT2D eigenvalue weighted by Crippen LogP contribution is 2.37. The number of halogens is 2. The summed E-state index contributed by atoms with van der Waals surface area (Å²) in [5.74, 6) is 1.38. The lowest BCUT2D eigenvalue weighted by atomic mass is 10.2. The fourth-order valence-corrected chi connectivity index (χ4v) is 3.19. The molecule has 0 spiro atoms. The van der Waals surface area contributed by atoms with E-state index in [1.54, 1.807) is 16.7 Å². The minimum absolute atomic E-state index is 0.00331. The van der Waals surface area contributed by atoms with Crippen LogP contribution in [0.1, 0.15) is 6.92 Å². The van der Waals surface area contributed by atoms with Gasteiger partial charge in [0.1, 0.15) is 5.88 Å². The average molecular weight is 290 g/mol. The van der Waals surface area contributed by atoms with E-state index >= 15 is 0 Å². The van der Waals surface area contributed by atoms with Crippen molar-refractivity contribution in [1.29, 1.82) is 0 Å². The second-order valence-electron chi connectivity index (χ2n) is 4.17. The topological polar surface area (TPSA) is 20.3 Å². The van der Waals surface area contributed by atoms with Gasteiger partial charge in [0.25, 0.3) is 0 Å². The number of fused-ring (bicyclic) bond motifs is 1. The van der Waals surface area contributed by atoms with Crippen LogP contribution in [0.3, 0.4) is 0 Å². The number of hydrogen-bond acceptors (Lipinski definition) is 2. The standard InChI is InChI=1S/C12H13Cl2NOS/c1-8-6-15(12(16)5-13)10-4-9(14)2-3-11(10)17-7-8/h2-4,8H,5-7H2,1H3. The summed E-state index contributed by atoms with van der Waals surface area (Å²) < 4.78 is 0. The lowest BCUT2D eigenvalue weighted by Crippen LogP contribution is -2.35. The summed E-state index contributed by atoms with van der Waals surface area (Å²) in [7, 11) is 0. The molecule has 92 valence electrons. The Balaban J connectivity index is 2.44. The molecule has 2 nitrogen and oxygen atoms in total. The predicted octanol–water partition coefficient (Wildman–Crippen LogP) is 3.65. The number of hydrogen-bond donors (Lipinski definition) is 0. The zero-order valence-corrected chi connectivity index (χ0v) is 11.8. The van der Waals surface area contributed by atoms with Crippen LogP contribution < -0.4 is 4.90 Å². The van der Waals surface area contributed by atoms with Crippen LogP contribution >= 0.6 is 35.0 Å². The second-order valence-corrected chi connectivity index (χ2v) is 5.93. The molecule has 1 heterocycles. The first-order valence-corrected chi connectivity index (χ1v) is 7.30. The van der Waals surface area contributed by atoms with Crippen LogP contribution in [-0.2, 0) is 4.79 Å². The zero-order chi connectivity index (χ0) is 12.4. The van der Waals surface area contributed by atoms with E-state index in [2.05, 4.69) is 6.92 Å². The van der Waals surface area contributed by atoms with Gasteiger partial charge in [0.2, 0.25) is 5.91 Å². The molecule has 0 N–H and O–H groups in total. The van der Waals surface area contributed by atoms with Crippen LogP contribution in [-0.4, -0.2) is 24.1 Å². The molecule has 1 aliphatic rings. The first-order valence-electron chi connectivity index (χ1n) is 5.40. The summed E-state index contributed by atoms with van der Waals surface area (Å²) in [6.07, 6.45) is 0. The predicted molar refractivity (Wildman–Crippen MR) is 74.4 cm³/mol. The van der Waals surface area contributed by atoms with Gasteiger partial charge < -0.3 is 4.90 Å². The Morgan fingerprint density at radius 2 is 2.35 bits per heavy atom. The van der Waals surface area contributed by atoms with Crippen molar-refractivity contribution in [3.05, 3.63) is 23.2 Å². The molecule has 1 aromatic carbocycles. The zero-order valence-electron chi connectivity index (χ0n) is 9.45. The van der Waals surface area contributed by atoms with Gasteiger partial charge in [-0.2, -0.15) is 0 Å². The molecule has 1 unspecified atom stereocenters. The van der Waals surface area contributed by atoms with Gasteiger partial charge in [-0.3, -0.25) is 4.79 Å². The Morgan fingerprint density at radius 1 is 1.59 bits per heavy atom. The number of nitrogens with zero attached hydrogens (tertiary/aromatic N) is 1. The summed E-state index contributed by atoms with van der Waals surface area (Å²) in [4.78, 5) is 14.7. The van der Waals surface area contributed by atoms with Gasteiger partial charge in [0.15, 0.2) is 0 Å². The molecule has 0 saturated carbocycles. The number of anilines is 1. The SMILES string of the molecule is CC1CSc2ccc(Cl)cc2N(C(=O)CCl)C1. The van der Waals surface area contributed by atoms with Gasteiger partial charge in [-0.05, 0) is 24.1 Å². The van der Waals surface area contributed by atoms with Crippen molar-refractivity contribution in [3.8, 4) is 0 Å². The maximum atomic E-state index is 11.9. The van der Waals surface area contributed by atoms with Crippen LogP contribution in [0.5, 0.6) is 0 Å². The quantitative estimate of drug-likeness (QED) is 0.736. The molecule has 1 aromatic rings. The number of carbonyl (C=O) groups excluding carboxylic acids is 1. The van der Waals surface area contributed by atoms with Gasteiger partial charge in [-0.15, -0.1) is 23.4 Å². The van der Waals surface area contributed by atoms with Crippen LogP contribution in [0, 0.1) is 5.92 Å². The third-order valence-corrected chi connectivity index (χ3v) is 4.50. The molecule has 0 fully saturated rings. The minimum Gasteiger partial charge on any atom is -0.310 e. The fraction of sp³-hybridized carbons (Fsp3) is 0.417. The van der Waals surface area contributed by atoms with Gasteiger partial charge in [0.05, 0.1) is 5.69 Å². The lowest BCUT2D eigenvalue weighted by Gasteiger charge is -2.23. The van der Waals surface area contributed by atoms with Crippen molar-refractivity contribution in [3.63, 3.8) is 0 Å². The van der Waals surface area contributed by atoms with Crippen molar-refractivity contribution in [2.45, 2.75) is 11.8 Å². The van der Waals surface area contributed by atoms with Crippen LogP contribution in [0.4, 0.5) is 5.69 Å². The molecular formula is C12H13Cl2NOS. The van der Waals surface area contributed by atoms with Crippen molar-refractivity contribution in [1.82, 2.24) is 0 Å². The Hall–Kier alpha value is -0.380. The van der Waals surface area contributed by atoms with E-state index in [4.69, 9.17) is 23.2 Å². The molecule has 0 aliphatic carbocycles. The van der Waals surface area contributed by atoms with Crippen molar-refractivity contribution in [2.75, 3.05) is 23.1 Å². The summed E-state index contributed by atoms with van der Waals surface area (Å²) in [5.41, 5.74) is 0.887. The van der Waals surface area contributed by atoms with Crippen molar-refractivity contribution >= 4 is 46.6 Å². The van der Waals surface area contributed by atoms with E-state index in [1.807, 2.05) is 18.2 Å².